The Morgan fingerprint density at radius 2 is 2.12 bits per heavy atom. The molecule has 0 unspecified atom stereocenters. The van der Waals surface area contributed by atoms with Gasteiger partial charge in [0.2, 0.25) is 0 Å². The van der Waals surface area contributed by atoms with Gasteiger partial charge in [-0.2, -0.15) is 0 Å². The van der Waals surface area contributed by atoms with Gasteiger partial charge >= 0.3 is 0 Å². The van der Waals surface area contributed by atoms with E-state index in [4.69, 9.17) is 4.74 Å². The molecule has 0 saturated carbocycles. The minimum Gasteiger partial charge on any atom is -0.480 e. The molecule has 1 amide bonds. The molecule has 4 nitrogen and oxygen atoms in total. The van der Waals surface area contributed by atoms with Gasteiger partial charge in [0, 0.05) is 19.1 Å². The number of hydrogen-bond acceptors (Lipinski definition) is 3. The van der Waals surface area contributed by atoms with E-state index in [9.17, 15) is 4.79 Å². The number of nitrogens with one attached hydrogen (secondary N) is 1. The van der Waals surface area contributed by atoms with Gasteiger partial charge in [0.25, 0.3) is 5.91 Å². The quantitative estimate of drug-likeness (QED) is 0.670. The summed E-state index contributed by atoms with van der Waals surface area (Å²) in [5.41, 5.74) is 2.21. The zero-order valence-corrected chi connectivity index (χ0v) is 17.0. The normalized spacial score (nSPS) is 19.2. The first-order valence-electron chi connectivity index (χ1n) is 10.3. The molecule has 0 spiro atoms. The maximum Gasteiger partial charge on any atom is 0.261 e. The maximum absolute atomic E-state index is 12.5. The minimum atomic E-state index is -0.422. The number of nitrogens with zero attached hydrogens (tertiary/aromatic N) is 1. The number of carbonyl (C=O) groups excluding carboxylic acids is 1. The van der Waals surface area contributed by atoms with Gasteiger partial charge in [-0.25, -0.2) is 0 Å². The van der Waals surface area contributed by atoms with Crippen LogP contribution in [0.15, 0.2) is 18.2 Å². The number of benzene rings is 1. The zero-order valence-electron chi connectivity index (χ0n) is 17.0. The number of hydrogen-bond donors (Lipinski definition) is 1. The second-order valence-electron chi connectivity index (χ2n) is 7.52. The molecule has 1 aliphatic rings. The molecule has 1 aliphatic heterocycles. The Kier molecular flexibility index (Phi) is 8.43. The van der Waals surface area contributed by atoms with Crippen LogP contribution in [-0.2, 0) is 4.79 Å². The van der Waals surface area contributed by atoms with Crippen LogP contribution in [-0.4, -0.2) is 42.6 Å². The summed E-state index contributed by atoms with van der Waals surface area (Å²) in [7, 11) is 0. The van der Waals surface area contributed by atoms with Crippen molar-refractivity contribution in [1.29, 1.82) is 0 Å². The smallest absolute Gasteiger partial charge is 0.261 e. The fourth-order valence-corrected chi connectivity index (χ4v) is 3.73. The molecule has 26 heavy (non-hydrogen) atoms. The average Bonchev–Trinajstić information content (AvgIpc) is 2.65. The molecule has 1 saturated heterocycles. The van der Waals surface area contributed by atoms with Crippen LogP contribution in [0.25, 0.3) is 0 Å². The molecule has 1 aromatic carbocycles. The zero-order chi connectivity index (χ0) is 18.9. The second kappa shape index (κ2) is 10.6. The van der Waals surface area contributed by atoms with Crippen LogP contribution in [0.3, 0.4) is 0 Å². The molecule has 1 fully saturated rings. The number of piperidine rings is 1. The third kappa shape index (κ3) is 6.01. The Morgan fingerprint density at radius 3 is 2.85 bits per heavy atom. The Balaban J connectivity index is 1.77. The highest BCUT2D eigenvalue weighted by Gasteiger charge is 2.21. The number of likely N-dealkylation sites (tertiary alicyclic amines) is 1. The van der Waals surface area contributed by atoms with Crippen LogP contribution >= 0.6 is 0 Å². The third-order valence-electron chi connectivity index (χ3n) is 5.42. The minimum absolute atomic E-state index is 0.000841. The fourth-order valence-electron chi connectivity index (χ4n) is 3.73. The van der Waals surface area contributed by atoms with Crippen LogP contribution in [0, 0.1) is 13.8 Å². The summed E-state index contributed by atoms with van der Waals surface area (Å²) < 4.78 is 6.00. The number of ether oxygens (including phenoxy) is 1. The van der Waals surface area contributed by atoms with Crippen LogP contribution < -0.4 is 10.1 Å². The highest BCUT2D eigenvalue weighted by atomic mass is 16.5. The Morgan fingerprint density at radius 1 is 1.31 bits per heavy atom. The largest absolute Gasteiger partial charge is 0.480 e. The molecule has 1 aromatic rings. The van der Waals surface area contributed by atoms with Crippen molar-refractivity contribution in [3.63, 3.8) is 0 Å². The molecule has 0 radical (unpaired) electrons. The molecule has 1 N–H and O–H groups in total. The van der Waals surface area contributed by atoms with E-state index in [1.54, 1.807) is 0 Å². The SMILES string of the molecule is CC[C@@H]1CCCCN1CCCNC(=O)[C@H](CC)Oc1cc(C)ccc1C. The first-order valence-corrected chi connectivity index (χ1v) is 10.3. The van der Waals surface area contributed by atoms with Crippen molar-refractivity contribution in [1.82, 2.24) is 10.2 Å². The van der Waals surface area contributed by atoms with Crippen molar-refractivity contribution in [2.24, 2.45) is 0 Å². The van der Waals surface area contributed by atoms with Gasteiger partial charge in [0.05, 0.1) is 0 Å². The van der Waals surface area contributed by atoms with E-state index in [1.807, 2.05) is 32.9 Å². The number of rotatable bonds is 9. The Bertz CT molecular complexity index is 573. The van der Waals surface area contributed by atoms with Gasteiger partial charge in [-0.3, -0.25) is 4.79 Å². The molecular weight excluding hydrogens is 324 g/mol. The summed E-state index contributed by atoms with van der Waals surface area (Å²) in [4.78, 5) is 15.1. The average molecular weight is 361 g/mol. The van der Waals surface area contributed by atoms with Gasteiger partial charge in [0.15, 0.2) is 6.10 Å². The molecule has 4 heteroatoms. The van der Waals surface area contributed by atoms with Crippen LogP contribution in [0.4, 0.5) is 0 Å². The summed E-state index contributed by atoms with van der Waals surface area (Å²) in [6, 6.07) is 6.84. The highest BCUT2D eigenvalue weighted by Crippen LogP contribution is 2.21. The molecule has 0 bridgehead atoms. The summed E-state index contributed by atoms with van der Waals surface area (Å²) in [6.07, 6.45) is 6.47. The number of aryl methyl sites for hydroxylation is 2. The predicted molar refractivity (Wildman–Crippen MR) is 108 cm³/mol. The van der Waals surface area contributed by atoms with Gasteiger partial charge in [0.1, 0.15) is 5.75 Å². The summed E-state index contributed by atoms with van der Waals surface area (Å²) in [5, 5.41) is 3.07. The molecular formula is C22H36N2O2. The summed E-state index contributed by atoms with van der Waals surface area (Å²) in [6.45, 7) is 11.3. The van der Waals surface area contributed by atoms with Gasteiger partial charge in [-0.15, -0.1) is 0 Å². The van der Waals surface area contributed by atoms with Crippen LogP contribution in [0.2, 0.25) is 0 Å². The van der Waals surface area contributed by atoms with Crippen molar-refractivity contribution < 1.29 is 9.53 Å². The van der Waals surface area contributed by atoms with Crippen LogP contribution in [0.1, 0.15) is 63.5 Å². The number of carbonyl (C=O) groups is 1. The summed E-state index contributed by atoms with van der Waals surface area (Å²) in [5.74, 6) is 0.810. The standard InChI is InChI=1S/C22H36N2O2/c1-5-19-10-7-8-14-24(19)15-9-13-23-22(25)20(6-2)26-21-16-17(3)11-12-18(21)4/h11-12,16,19-20H,5-10,13-15H2,1-4H3,(H,23,25)/t19-,20+/m1/s1. The molecule has 1 heterocycles. The van der Waals surface area contributed by atoms with E-state index >= 15 is 0 Å². The van der Waals surface area contributed by atoms with E-state index in [0.29, 0.717) is 6.42 Å². The van der Waals surface area contributed by atoms with Crippen molar-refractivity contribution >= 4 is 5.91 Å². The third-order valence-corrected chi connectivity index (χ3v) is 5.42. The van der Waals surface area contributed by atoms with Crippen LogP contribution in [0.5, 0.6) is 5.75 Å². The van der Waals surface area contributed by atoms with E-state index in [-0.39, 0.29) is 5.91 Å². The fraction of sp³-hybridized carbons (Fsp3) is 0.682. The van der Waals surface area contributed by atoms with Gasteiger partial charge in [-0.05, 0) is 69.7 Å². The lowest BCUT2D eigenvalue weighted by Gasteiger charge is -2.35. The molecule has 2 atom stereocenters. The molecule has 0 aliphatic carbocycles. The van der Waals surface area contributed by atoms with E-state index in [2.05, 4.69) is 23.2 Å². The van der Waals surface area contributed by atoms with Crippen molar-refractivity contribution in [3.8, 4) is 5.75 Å². The monoisotopic (exact) mass is 360 g/mol. The van der Waals surface area contributed by atoms with Crippen molar-refractivity contribution in [3.05, 3.63) is 29.3 Å². The van der Waals surface area contributed by atoms with Crippen molar-refractivity contribution in [2.75, 3.05) is 19.6 Å². The van der Waals surface area contributed by atoms with Crippen molar-refractivity contribution in [2.45, 2.75) is 78.4 Å². The van der Waals surface area contributed by atoms with E-state index in [0.717, 1.165) is 42.4 Å². The summed E-state index contributed by atoms with van der Waals surface area (Å²) >= 11 is 0. The maximum atomic E-state index is 12.5. The first kappa shape index (κ1) is 20.8. The topological polar surface area (TPSA) is 41.6 Å². The molecule has 146 valence electrons. The van der Waals surface area contributed by atoms with Gasteiger partial charge < -0.3 is 15.0 Å². The lowest BCUT2D eigenvalue weighted by molar-refractivity contribution is -0.128. The molecule has 2 rings (SSSR count). The lowest BCUT2D eigenvalue weighted by Crippen LogP contribution is -2.42. The predicted octanol–water partition coefficient (Wildman–Crippen LogP) is 4.23. The van der Waals surface area contributed by atoms with E-state index in [1.165, 1.54) is 32.2 Å². The number of amides is 1. The van der Waals surface area contributed by atoms with Gasteiger partial charge in [-0.1, -0.05) is 32.4 Å². The Labute approximate surface area is 159 Å². The first-order chi connectivity index (χ1) is 12.5. The Hall–Kier alpha value is -1.55. The highest BCUT2D eigenvalue weighted by molar-refractivity contribution is 5.81. The lowest BCUT2D eigenvalue weighted by atomic mass is 10.00. The second-order valence-corrected chi connectivity index (χ2v) is 7.52. The van der Waals surface area contributed by atoms with E-state index < -0.39 is 6.10 Å². The molecule has 0 aromatic heterocycles.